The summed E-state index contributed by atoms with van der Waals surface area (Å²) in [4.78, 5) is 0. The molecule has 1 aromatic rings. The van der Waals surface area contributed by atoms with Gasteiger partial charge in [0.15, 0.2) is 0 Å². The quantitative estimate of drug-likeness (QED) is 0.252. The molecule has 0 fully saturated rings. The van der Waals surface area contributed by atoms with Crippen molar-refractivity contribution in [3.63, 3.8) is 0 Å². The second kappa shape index (κ2) is 4.89. The van der Waals surface area contributed by atoms with Crippen molar-refractivity contribution in [2.45, 2.75) is 0 Å². The van der Waals surface area contributed by atoms with Crippen molar-refractivity contribution in [2.75, 3.05) is 0 Å². The Labute approximate surface area is 107 Å². The third-order valence-corrected chi connectivity index (χ3v) is 1.07. The van der Waals surface area contributed by atoms with Crippen molar-refractivity contribution in [3.8, 4) is 0 Å². The standard InChI is InChI=1S/C4H4N2S2.K/c7-4(8)6-3-1-2-5-6;/h1-3H,(H,7,8);/q;+1/p-1. The van der Waals surface area contributed by atoms with Gasteiger partial charge >= 0.3 is 51.4 Å². The van der Waals surface area contributed by atoms with Crippen LogP contribution in [0.1, 0.15) is 0 Å². The van der Waals surface area contributed by atoms with Crippen LogP contribution in [-0.2, 0) is 12.6 Å². The van der Waals surface area contributed by atoms with Gasteiger partial charge in [0.25, 0.3) is 0 Å². The molecule has 9 heavy (non-hydrogen) atoms. The van der Waals surface area contributed by atoms with Crippen LogP contribution in [0, 0.1) is 0 Å². The maximum absolute atomic E-state index is 4.63. The van der Waals surface area contributed by atoms with Crippen molar-refractivity contribution >= 4 is 29.2 Å². The van der Waals surface area contributed by atoms with Crippen LogP contribution in [0.5, 0.6) is 0 Å². The third kappa shape index (κ3) is 3.17. The summed E-state index contributed by atoms with van der Waals surface area (Å²) in [7, 11) is 0. The van der Waals surface area contributed by atoms with E-state index in [9.17, 15) is 0 Å². The molecule has 0 spiro atoms. The van der Waals surface area contributed by atoms with Crippen LogP contribution >= 0.6 is 12.2 Å². The van der Waals surface area contributed by atoms with Gasteiger partial charge in [-0.3, -0.25) is 4.68 Å². The summed E-state index contributed by atoms with van der Waals surface area (Å²) in [6, 6.07) is 1.78. The zero-order valence-electron chi connectivity index (χ0n) is 4.94. The van der Waals surface area contributed by atoms with Gasteiger partial charge in [0, 0.05) is 12.4 Å². The molecular weight excluding hydrogens is 179 g/mol. The summed E-state index contributed by atoms with van der Waals surface area (Å²) >= 11 is 9.26. The third-order valence-electron chi connectivity index (χ3n) is 0.691. The fraction of sp³-hybridized carbons (Fsp3) is 0. The molecule has 0 atom stereocenters. The largest absolute Gasteiger partial charge is 1.00 e. The van der Waals surface area contributed by atoms with E-state index < -0.39 is 0 Å². The Morgan fingerprint density at radius 3 is 2.56 bits per heavy atom. The summed E-state index contributed by atoms with van der Waals surface area (Å²) in [6.07, 6.45) is 3.36. The van der Waals surface area contributed by atoms with E-state index in [1.54, 1.807) is 18.5 Å². The summed E-state index contributed by atoms with van der Waals surface area (Å²) in [5.41, 5.74) is 0. The minimum atomic E-state index is 0. The molecular formula is C4H3KN2S2. The number of hydrogen-bond donors (Lipinski definition) is 0. The number of thiocarbonyl (C=S) groups is 1. The molecule has 0 aliphatic carbocycles. The molecule has 0 bridgehead atoms. The number of rotatable bonds is 0. The average Bonchev–Trinajstić information content (AvgIpc) is 2.12. The van der Waals surface area contributed by atoms with Crippen LogP contribution in [0.2, 0.25) is 0 Å². The van der Waals surface area contributed by atoms with Gasteiger partial charge in [-0.15, -0.1) is 0 Å². The molecule has 0 aliphatic heterocycles. The molecule has 1 aromatic heterocycles. The maximum Gasteiger partial charge on any atom is 1.00 e. The van der Waals surface area contributed by atoms with E-state index in [1.807, 2.05) is 0 Å². The molecule has 0 aliphatic rings. The van der Waals surface area contributed by atoms with Gasteiger partial charge in [0.2, 0.25) is 0 Å². The molecule has 1 heterocycles. The van der Waals surface area contributed by atoms with Crippen molar-refractivity contribution in [1.82, 2.24) is 9.78 Å². The molecule has 0 saturated heterocycles. The predicted molar refractivity (Wildman–Crippen MR) is 37.6 cm³/mol. The Kier molecular flexibility index (Phi) is 5.52. The van der Waals surface area contributed by atoms with Crippen LogP contribution < -0.4 is 51.4 Å². The van der Waals surface area contributed by atoms with Crippen molar-refractivity contribution < 1.29 is 51.4 Å². The molecule has 5 heteroatoms. The smallest absolute Gasteiger partial charge is 0.409 e. The van der Waals surface area contributed by atoms with Gasteiger partial charge in [0.1, 0.15) is 0 Å². The molecule has 0 radical (unpaired) electrons. The van der Waals surface area contributed by atoms with Gasteiger partial charge < -0.3 is 24.8 Å². The second-order valence-electron chi connectivity index (χ2n) is 1.22. The fourth-order valence-corrected chi connectivity index (χ4v) is 0.593. The number of aromatic nitrogens is 2. The number of nitrogens with zero attached hydrogens (tertiary/aromatic N) is 2. The zero-order chi connectivity index (χ0) is 5.98. The first-order valence-electron chi connectivity index (χ1n) is 2.01. The molecule has 2 nitrogen and oxygen atoms in total. The maximum atomic E-state index is 4.63. The monoisotopic (exact) mass is 182 g/mol. The van der Waals surface area contributed by atoms with Gasteiger partial charge in [-0.2, -0.15) is 5.10 Å². The molecule has 0 amide bonds. The average molecular weight is 182 g/mol. The van der Waals surface area contributed by atoms with Crippen molar-refractivity contribution in [2.24, 2.45) is 0 Å². The summed E-state index contributed by atoms with van der Waals surface area (Å²) in [5, 5.41) is 3.79. The van der Waals surface area contributed by atoms with Gasteiger partial charge in [0.05, 0.1) is 0 Å². The van der Waals surface area contributed by atoms with Crippen LogP contribution in [0.25, 0.3) is 0 Å². The summed E-state index contributed by atoms with van der Waals surface area (Å²) < 4.78 is 1.82. The molecule has 0 unspecified atom stereocenters. The second-order valence-corrected chi connectivity index (χ2v) is 2.25. The molecule has 0 saturated carbocycles. The summed E-state index contributed by atoms with van der Waals surface area (Å²) in [6.45, 7) is 0. The van der Waals surface area contributed by atoms with E-state index >= 15 is 0 Å². The van der Waals surface area contributed by atoms with E-state index in [0.717, 1.165) is 0 Å². The van der Waals surface area contributed by atoms with Crippen LogP contribution in [0.4, 0.5) is 0 Å². The van der Waals surface area contributed by atoms with E-state index in [-0.39, 0.29) is 51.4 Å². The van der Waals surface area contributed by atoms with Gasteiger partial charge in [-0.05, 0) is 10.4 Å². The van der Waals surface area contributed by atoms with E-state index in [2.05, 4.69) is 29.9 Å². The van der Waals surface area contributed by atoms with Crippen molar-refractivity contribution in [1.29, 1.82) is 0 Å². The Balaban J connectivity index is 0.000000640. The van der Waals surface area contributed by atoms with E-state index in [0.29, 0.717) is 4.32 Å². The predicted octanol–water partition coefficient (Wildman–Crippen LogP) is -2.43. The van der Waals surface area contributed by atoms with Crippen molar-refractivity contribution in [3.05, 3.63) is 18.5 Å². The zero-order valence-corrected chi connectivity index (χ0v) is 9.70. The first-order chi connectivity index (χ1) is 3.80. The van der Waals surface area contributed by atoms with Gasteiger partial charge in [-0.25, -0.2) is 0 Å². The number of hydrogen-bond acceptors (Lipinski definition) is 3. The van der Waals surface area contributed by atoms with Crippen LogP contribution in [-0.4, -0.2) is 14.1 Å². The first kappa shape index (κ1) is 10.2. The molecule has 0 aromatic carbocycles. The first-order valence-corrected chi connectivity index (χ1v) is 2.83. The minimum Gasteiger partial charge on any atom is -0.409 e. The summed E-state index contributed by atoms with van der Waals surface area (Å²) in [5.74, 6) is 0. The minimum absolute atomic E-state index is 0. The van der Waals surface area contributed by atoms with Crippen LogP contribution in [0.3, 0.4) is 0 Å². The Morgan fingerprint density at radius 2 is 2.33 bits per heavy atom. The molecule has 42 valence electrons. The van der Waals surface area contributed by atoms with Gasteiger partial charge in [-0.1, -0.05) is 0 Å². The normalized spacial score (nSPS) is 8.00. The fourth-order valence-electron chi connectivity index (χ4n) is 0.377. The molecule has 0 N–H and O–H groups in total. The Morgan fingerprint density at radius 1 is 1.67 bits per heavy atom. The van der Waals surface area contributed by atoms with E-state index in [4.69, 9.17) is 0 Å². The Hall–Kier alpha value is 1.16. The molecule has 1 rings (SSSR count). The van der Waals surface area contributed by atoms with E-state index in [1.165, 1.54) is 4.68 Å². The SMILES string of the molecule is S=C([S-])n1cccn1.[K+]. The van der Waals surface area contributed by atoms with Crippen LogP contribution in [0.15, 0.2) is 18.5 Å². The Bertz CT molecular complexity index is 184. The topological polar surface area (TPSA) is 17.8 Å².